The molecule has 6 nitrogen and oxygen atoms in total. The van der Waals surface area contributed by atoms with Crippen molar-refractivity contribution in [3.8, 4) is 0 Å². The second-order valence-electron chi connectivity index (χ2n) is 4.83. The lowest BCUT2D eigenvalue weighted by Gasteiger charge is -2.27. The molecule has 1 saturated heterocycles. The van der Waals surface area contributed by atoms with Gasteiger partial charge in [-0.15, -0.1) is 0 Å². The first-order valence-corrected chi connectivity index (χ1v) is 6.35. The molecule has 4 rings (SSSR count). The zero-order valence-electron chi connectivity index (χ0n) is 10.2. The lowest BCUT2D eigenvalue weighted by atomic mass is 10.0. The van der Waals surface area contributed by atoms with E-state index in [-0.39, 0.29) is 6.04 Å². The summed E-state index contributed by atoms with van der Waals surface area (Å²) in [6.07, 6.45) is 3.20. The van der Waals surface area contributed by atoms with Gasteiger partial charge in [0.1, 0.15) is 11.7 Å². The molecule has 1 aliphatic heterocycles. The molecule has 0 amide bonds. The molecule has 98 valence electrons. The van der Waals surface area contributed by atoms with Crippen molar-refractivity contribution in [1.29, 1.82) is 0 Å². The summed E-state index contributed by atoms with van der Waals surface area (Å²) < 4.78 is 15.9. The van der Waals surface area contributed by atoms with Crippen molar-refractivity contribution in [2.24, 2.45) is 0 Å². The SMILES string of the molecule is F[C@@H]1CNCC[C@H]1n1[nH]nc2cnc3nccc3c21. The molecule has 4 heterocycles. The van der Waals surface area contributed by atoms with Gasteiger partial charge in [0.25, 0.3) is 0 Å². The topological polar surface area (TPSA) is 71.4 Å². The Morgan fingerprint density at radius 1 is 1.37 bits per heavy atom. The number of nitrogens with zero attached hydrogens (tertiary/aromatic N) is 4. The van der Waals surface area contributed by atoms with Crippen LogP contribution in [-0.2, 0) is 0 Å². The number of H-pyrrole nitrogens is 1. The number of piperidine rings is 1. The highest BCUT2D eigenvalue weighted by molar-refractivity contribution is 6.00. The van der Waals surface area contributed by atoms with Crippen LogP contribution in [0.2, 0.25) is 0 Å². The second-order valence-corrected chi connectivity index (χ2v) is 4.83. The molecule has 0 aliphatic carbocycles. The van der Waals surface area contributed by atoms with Crippen LogP contribution in [0.1, 0.15) is 12.5 Å². The zero-order valence-corrected chi connectivity index (χ0v) is 10.2. The number of halogens is 1. The number of pyridine rings is 1. The summed E-state index contributed by atoms with van der Waals surface area (Å²) in [5, 5.41) is 11.1. The number of rotatable bonds is 1. The predicted octanol–water partition coefficient (Wildman–Crippen LogP) is 1.18. The normalized spacial score (nSPS) is 24.3. The maximum atomic E-state index is 14.1. The Bertz CT molecular complexity index is 732. The first kappa shape index (κ1) is 10.9. The van der Waals surface area contributed by atoms with Crippen molar-refractivity contribution in [2.45, 2.75) is 18.6 Å². The molecule has 3 aromatic heterocycles. The van der Waals surface area contributed by atoms with Gasteiger partial charge in [-0.2, -0.15) is 5.10 Å². The van der Waals surface area contributed by atoms with E-state index in [1.807, 2.05) is 10.7 Å². The number of hydrogen-bond acceptors (Lipinski definition) is 4. The van der Waals surface area contributed by atoms with Crippen LogP contribution in [0.3, 0.4) is 0 Å². The summed E-state index contributed by atoms with van der Waals surface area (Å²) in [5.41, 5.74) is 2.30. The van der Waals surface area contributed by atoms with Gasteiger partial charge < -0.3 is 5.32 Å². The number of aromatic nitrogens is 5. The van der Waals surface area contributed by atoms with E-state index in [4.69, 9.17) is 0 Å². The van der Waals surface area contributed by atoms with Crippen LogP contribution < -0.4 is 5.32 Å². The van der Waals surface area contributed by atoms with E-state index in [2.05, 4.69) is 25.6 Å². The van der Waals surface area contributed by atoms with E-state index in [1.54, 1.807) is 12.4 Å². The molecule has 0 aromatic carbocycles. The molecule has 0 spiro atoms. The molecular formula is C12H13FN6. The summed E-state index contributed by atoms with van der Waals surface area (Å²) in [6.45, 7) is 1.19. The molecule has 7 heteroatoms. The Hall–Kier alpha value is -2.02. The number of hydrogen-bond donors (Lipinski definition) is 2. The molecule has 1 fully saturated rings. The van der Waals surface area contributed by atoms with Gasteiger partial charge in [0.05, 0.1) is 17.8 Å². The molecule has 0 unspecified atom stereocenters. The highest BCUT2D eigenvalue weighted by Gasteiger charge is 2.28. The number of fused-ring (bicyclic) bond motifs is 3. The van der Waals surface area contributed by atoms with E-state index in [9.17, 15) is 4.39 Å². The van der Waals surface area contributed by atoms with Crippen LogP contribution in [-0.4, -0.2) is 44.2 Å². The quantitative estimate of drug-likeness (QED) is 0.689. The van der Waals surface area contributed by atoms with Crippen LogP contribution in [0, 0.1) is 0 Å². The summed E-state index contributed by atoms with van der Waals surface area (Å²) in [7, 11) is 0. The van der Waals surface area contributed by atoms with Gasteiger partial charge in [0.2, 0.25) is 0 Å². The van der Waals surface area contributed by atoms with Crippen LogP contribution in [0.4, 0.5) is 4.39 Å². The average Bonchev–Trinajstić information content (AvgIpc) is 3.04. The Labute approximate surface area is 108 Å². The van der Waals surface area contributed by atoms with Gasteiger partial charge >= 0.3 is 0 Å². The molecule has 3 aromatic rings. The fraction of sp³-hybridized carbons (Fsp3) is 0.417. The van der Waals surface area contributed by atoms with Crippen molar-refractivity contribution < 1.29 is 4.39 Å². The minimum absolute atomic E-state index is 0.216. The van der Waals surface area contributed by atoms with Gasteiger partial charge in [-0.3, -0.25) is 4.68 Å². The van der Waals surface area contributed by atoms with Gasteiger partial charge in [-0.1, -0.05) is 0 Å². The summed E-state index contributed by atoms with van der Waals surface area (Å²) in [4.78, 5) is 8.42. The fourth-order valence-electron chi connectivity index (χ4n) is 2.77. The molecular weight excluding hydrogens is 247 g/mol. The van der Waals surface area contributed by atoms with Crippen molar-refractivity contribution in [2.75, 3.05) is 13.1 Å². The van der Waals surface area contributed by atoms with Crippen LogP contribution in [0.25, 0.3) is 22.1 Å². The number of aromatic amines is 1. The second kappa shape index (κ2) is 3.99. The van der Waals surface area contributed by atoms with Gasteiger partial charge in [0.15, 0.2) is 5.65 Å². The highest BCUT2D eigenvalue weighted by Crippen LogP contribution is 2.28. The van der Waals surface area contributed by atoms with Gasteiger partial charge in [0, 0.05) is 18.1 Å². The third-order valence-corrected chi connectivity index (χ3v) is 3.71. The standard InChI is InChI=1S/C12H13FN6/c13-8-5-14-3-2-10(8)19-11-7-1-4-15-12(7)16-6-9(11)17-18-19/h1,4,6,8,10,14,18H,2-3,5H2/t8-,10-/m1/s1. The lowest BCUT2D eigenvalue weighted by Crippen LogP contribution is -2.39. The maximum absolute atomic E-state index is 14.1. The van der Waals surface area contributed by atoms with E-state index in [0.717, 1.165) is 29.4 Å². The number of nitrogens with one attached hydrogen (secondary N) is 2. The van der Waals surface area contributed by atoms with Gasteiger partial charge in [-0.25, -0.2) is 19.6 Å². The summed E-state index contributed by atoms with van der Waals surface area (Å²) in [6, 6.07) is 1.68. The lowest BCUT2D eigenvalue weighted by molar-refractivity contribution is 0.175. The minimum atomic E-state index is -0.923. The Morgan fingerprint density at radius 3 is 3.21 bits per heavy atom. The molecule has 1 aliphatic rings. The first-order valence-electron chi connectivity index (χ1n) is 6.35. The average molecular weight is 260 g/mol. The van der Waals surface area contributed by atoms with E-state index >= 15 is 0 Å². The molecule has 0 radical (unpaired) electrons. The molecule has 0 bridgehead atoms. The van der Waals surface area contributed by atoms with Crippen molar-refractivity contribution in [1.82, 2.24) is 30.3 Å². The Morgan fingerprint density at radius 2 is 2.32 bits per heavy atom. The molecule has 2 atom stereocenters. The first-order chi connectivity index (χ1) is 9.34. The van der Waals surface area contributed by atoms with Crippen molar-refractivity contribution in [3.63, 3.8) is 0 Å². The van der Waals surface area contributed by atoms with E-state index < -0.39 is 6.17 Å². The van der Waals surface area contributed by atoms with Crippen LogP contribution in [0.5, 0.6) is 0 Å². The molecule has 2 N–H and O–H groups in total. The van der Waals surface area contributed by atoms with Crippen molar-refractivity contribution >= 4 is 22.1 Å². The zero-order chi connectivity index (χ0) is 12.8. The summed E-state index contributed by atoms with van der Waals surface area (Å²) >= 11 is 0. The van der Waals surface area contributed by atoms with Crippen molar-refractivity contribution in [3.05, 3.63) is 18.5 Å². The minimum Gasteiger partial charge on any atom is -0.314 e. The predicted molar refractivity (Wildman–Crippen MR) is 68.6 cm³/mol. The maximum Gasteiger partial charge on any atom is 0.161 e. The largest absolute Gasteiger partial charge is 0.314 e. The number of alkyl halides is 1. The van der Waals surface area contributed by atoms with E-state index in [1.165, 1.54) is 0 Å². The third kappa shape index (κ3) is 1.54. The van der Waals surface area contributed by atoms with E-state index in [0.29, 0.717) is 12.2 Å². The van der Waals surface area contributed by atoms with Crippen LogP contribution >= 0.6 is 0 Å². The molecule has 0 saturated carbocycles. The molecule has 19 heavy (non-hydrogen) atoms. The van der Waals surface area contributed by atoms with Crippen LogP contribution in [0.15, 0.2) is 18.5 Å². The van der Waals surface area contributed by atoms with Gasteiger partial charge in [-0.05, 0) is 19.0 Å². The summed E-state index contributed by atoms with van der Waals surface area (Å²) in [5.74, 6) is 0. The monoisotopic (exact) mass is 260 g/mol. The Balaban J connectivity index is 1.96. The third-order valence-electron chi connectivity index (χ3n) is 3.71. The fourth-order valence-corrected chi connectivity index (χ4v) is 2.77. The smallest absolute Gasteiger partial charge is 0.161 e. The Kier molecular flexibility index (Phi) is 2.28. The highest BCUT2D eigenvalue weighted by atomic mass is 19.1.